The predicted molar refractivity (Wildman–Crippen MR) is 87.0 cm³/mol. The molecule has 4 atom stereocenters. The number of ether oxygens (including phenoxy) is 1. The number of carboxylic acid groups (broad SMARTS) is 1. The Morgan fingerprint density at radius 3 is 2.46 bits per heavy atom. The highest BCUT2D eigenvalue weighted by Gasteiger charge is 2.44. The van der Waals surface area contributed by atoms with E-state index in [-0.39, 0.29) is 17.7 Å². The Bertz CT molecular complexity index is 655. The zero-order chi connectivity index (χ0) is 17.1. The van der Waals surface area contributed by atoms with E-state index in [1.165, 1.54) is 0 Å². The molecule has 2 bridgehead atoms. The van der Waals surface area contributed by atoms with E-state index in [9.17, 15) is 14.7 Å². The van der Waals surface area contributed by atoms with Crippen LogP contribution in [-0.4, -0.2) is 25.5 Å². The molecule has 1 saturated carbocycles. The van der Waals surface area contributed by atoms with Gasteiger partial charge in [-0.1, -0.05) is 30.4 Å². The quantitative estimate of drug-likeness (QED) is 0.788. The van der Waals surface area contributed by atoms with Gasteiger partial charge in [0, 0.05) is 18.4 Å². The first-order valence-corrected chi connectivity index (χ1v) is 8.40. The highest BCUT2D eigenvalue weighted by Crippen LogP contribution is 2.44. The number of hydrogen-bond acceptors (Lipinski definition) is 4. The minimum atomic E-state index is -1.11. The number of nitrogens with one attached hydrogen (secondary N) is 1. The Morgan fingerprint density at radius 1 is 1.17 bits per heavy atom. The standard InChI is InChI=1S/C19H23NO4/c1-24-15-5-3-2-4-12(15)10-11-20-18(21)16-13-6-8-14(9-7-13)17(16)19(22)23/h2-6,8,13-14,16-17H,7,9-11H2,1H3,(H,20,21)(H,22,23)/p-1/t13-,14-,16-,17+/m1/s1. The maximum Gasteiger partial charge on any atom is 0.224 e. The number of allylic oxidation sites excluding steroid dienone is 2. The summed E-state index contributed by atoms with van der Waals surface area (Å²) in [6.07, 6.45) is 6.27. The fourth-order valence-corrected chi connectivity index (χ4v) is 4.02. The second kappa shape index (κ2) is 7.07. The number of carbonyl (C=O) groups is 2. The van der Waals surface area contributed by atoms with Gasteiger partial charge in [0.2, 0.25) is 5.91 Å². The zero-order valence-corrected chi connectivity index (χ0v) is 13.7. The molecule has 0 spiro atoms. The first-order valence-electron chi connectivity index (χ1n) is 8.40. The molecule has 0 aromatic heterocycles. The summed E-state index contributed by atoms with van der Waals surface area (Å²) in [5, 5.41) is 14.4. The third-order valence-electron chi connectivity index (χ3n) is 5.21. The maximum absolute atomic E-state index is 12.6. The van der Waals surface area contributed by atoms with E-state index >= 15 is 0 Å². The second-order valence-electron chi connectivity index (χ2n) is 6.51. The van der Waals surface area contributed by atoms with Crippen LogP contribution in [0.4, 0.5) is 0 Å². The molecule has 5 heteroatoms. The van der Waals surface area contributed by atoms with Crippen molar-refractivity contribution in [2.45, 2.75) is 19.3 Å². The van der Waals surface area contributed by atoms with Crippen molar-refractivity contribution in [2.24, 2.45) is 23.7 Å². The van der Waals surface area contributed by atoms with Crippen LogP contribution in [0.3, 0.4) is 0 Å². The molecule has 0 radical (unpaired) electrons. The van der Waals surface area contributed by atoms with Crippen LogP contribution < -0.4 is 15.2 Å². The SMILES string of the molecule is COc1ccccc1CCNC(=O)[C@H]1[C@@H](C(=O)[O-])[C@@H]2C=C[C@@H]1CC2. The summed E-state index contributed by atoms with van der Waals surface area (Å²) in [6.45, 7) is 0.455. The smallest absolute Gasteiger partial charge is 0.224 e. The Labute approximate surface area is 141 Å². The highest BCUT2D eigenvalue weighted by molar-refractivity contribution is 5.85. The van der Waals surface area contributed by atoms with E-state index in [1.807, 2.05) is 36.4 Å². The van der Waals surface area contributed by atoms with Crippen molar-refractivity contribution in [3.63, 3.8) is 0 Å². The second-order valence-corrected chi connectivity index (χ2v) is 6.51. The molecule has 0 unspecified atom stereocenters. The average Bonchev–Trinajstić information content (AvgIpc) is 2.62. The summed E-state index contributed by atoms with van der Waals surface area (Å²) in [6, 6.07) is 7.67. The number of fused-ring (bicyclic) bond motifs is 2. The van der Waals surface area contributed by atoms with Gasteiger partial charge >= 0.3 is 0 Å². The third kappa shape index (κ3) is 3.16. The van der Waals surface area contributed by atoms with Crippen molar-refractivity contribution in [3.05, 3.63) is 42.0 Å². The molecule has 128 valence electrons. The van der Waals surface area contributed by atoms with Crippen molar-refractivity contribution >= 4 is 11.9 Å². The van der Waals surface area contributed by atoms with Gasteiger partial charge in [0.25, 0.3) is 0 Å². The van der Waals surface area contributed by atoms with Gasteiger partial charge in [-0.05, 0) is 42.7 Å². The topological polar surface area (TPSA) is 78.5 Å². The van der Waals surface area contributed by atoms with Crippen molar-refractivity contribution in [1.29, 1.82) is 0 Å². The van der Waals surface area contributed by atoms with Crippen LogP contribution in [0.25, 0.3) is 0 Å². The van der Waals surface area contributed by atoms with E-state index in [0.717, 1.165) is 24.2 Å². The summed E-state index contributed by atoms with van der Waals surface area (Å²) >= 11 is 0. The van der Waals surface area contributed by atoms with Crippen LogP contribution in [0.1, 0.15) is 18.4 Å². The number of para-hydroxylation sites is 1. The molecule has 3 aliphatic rings. The summed E-state index contributed by atoms with van der Waals surface area (Å²) in [7, 11) is 1.62. The Hall–Kier alpha value is -2.30. The van der Waals surface area contributed by atoms with Crippen molar-refractivity contribution in [3.8, 4) is 5.75 Å². The summed E-state index contributed by atoms with van der Waals surface area (Å²) in [4.78, 5) is 24.1. The molecular formula is C19H22NO4-. The predicted octanol–water partition coefficient (Wildman–Crippen LogP) is 0.932. The first-order chi connectivity index (χ1) is 11.6. The van der Waals surface area contributed by atoms with Crippen LogP contribution >= 0.6 is 0 Å². The lowest BCUT2D eigenvalue weighted by Gasteiger charge is -2.44. The van der Waals surface area contributed by atoms with Crippen molar-refractivity contribution < 1.29 is 19.4 Å². The summed E-state index contributed by atoms with van der Waals surface area (Å²) in [5.74, 6) is -1.80. The first kappa shape index (κ1) is 16.6. The van der Waals surface area contributed by atoms with Gasteiger partial charge in [0.15, 0.2) is 0 Å². The molecule has 1 aromatic carbocycles. The molecule has 0 aliphatic heterocycles. The number of rotatable bonds is 6. The van der Waals surface area contributed by atoms with Crippen LogP contribution in [0, 0.1) is 23.7 Å². The molecule has 4 rings (SSSR count). The largest absolute Gasteiger partial charge is 0.550 e. The van der Waals surface area contributed by atoms with Crippen molar-refractivity contribution in [2.75, 3.05) is 13.7 Å². The Morgan fingerprint density at radius 2 is 1.83 bits per heavy atom. The van der Waals surface area contributed by atoms with Gasteiger partial charge in [-0.3, -0.25) is 4.79 Å². The van der Waals surface area contributed by atoms with Crippen LogP contribution in [-0.2, 0) is 16.0 Å². The number of aliphatic carboxylic acids is 1. The monoisotopic (exact) mass is 328 g/mol. The van der Waals surface area contributed by atoms with E-state index in [1.54, 1.807) is 7.11 Å². The van der Waals surface area contributed by atoms with Gasteiger partial charge in [-0.2, -0.15) is 0 Å². The van der Waals surface area contributed by atoms with E-state index < -0.39 is 17.8 Å². The maximum atomic E-state index is 12.6. The molecule has 0 saturated heterocycles. The fraction of sp³-hybridized carbons (Fsp3) is 0.474. The number of amides is 1. The molecule has 1 N–H and O–H groups in total. The molecule has 5 nitrogen and oxygen atoms in total. The number of carbonyl (C=O) groups excluding carboxylic acids is 2. The number of benzene rings is 1. The van der Waals surface area contributed by atoms with E-state index in [2.05, 4.69) is 5.32 Å². The average molecular weight is 328 g/mol. The number of hydrogen-bond donors (Lipinski definition) is 1. The minimum Gasteiger partial charge on any atom is -0.550 e. The van der Waals surface area contributed by atoms with Crippen LogP contribution in [0.15, 0.2) is 36.4 Å². The molecule has 1 amide bonds. The molecular weight excluding hydrogens is 306 g/mol. The molecule has 0 heterocycles. The molecule has 3 aliphatic carbocycles. The molecule has 24 heavy (non-hydrogen) atoms. The van der Waals surface area contributed by atoms with Crippen LogP contribution in [0.2, 0.25) is 0 Å². The third-order valence-corrected chi connectivity index (χ3v) is 5.21. The van der Waals surface area contributed by atoms with Crippen molar-refractivity contribution in [1.82, 2.24) is 5.32 Å². The van der Waals surface area contributed by atoms with E-state index in [0.29, 0.717) is 13.0 Å². The summed E-state index contributed by atoms with van der Waals surface area (Å²) < 4.78 is 5.30. The lowest BCUT2D eigenvalue weighted by atomic mass is 9.62. The van der Waals surface area contributed by atoms with E-state index in [4.69, 9.17) is 4.74 Å². The molecule has 1 aromatic rings. The van der Waals surface area contributed by atoms with Gasteiger partial charge in [-0.25, -0.2) is 0 Å². The zero-order valence-electron chi connectivity index (χ0n) is 13.7. The fourth-order valence-electron chi connectivity index (χ4n) is 4.02. The van der Waals surface area contributed by atoms with Gasteiger partial charge in [0.05, 0.1) is 13.0 Å². The van der Waals surface area contributed by atoms with Gasteiger partial charge in [-0.15, -0.1) is 0 Å². The van der Waals surface area contributed by atoms with Gasteiger partial charge < -0.3 is 20.0 Å². The minimum absolute atomic E-state index is 0.00385. The van der Waals surface area contributed by atoms with Gasteiger partial charge in [0.1, 0.15) is 5.75 Å². The highest BCUT2D eigenvalue weighted by atomic mass is 16.5. The summed E-state index contributed by atoms with van der Waals surface area (Å²) in [5.41, 5.74) is 1.02. The van der Waals surface area contributed by atoms with Crippen LogP contribution in [0.5, 0.6) is 5.75 Å². The lowest BCUT2D eigenvalue weighted by Crippen LogP contribution is -2.52. The number of carboxylic acids is 1. The molecule has 1 fully saturated rings. The lowest BCUT2D eigenvalue weighted by molar-refractivity contribution is -0.316. The Balaban J connectivity index is 1.62. The number of methoxy groups -OCH3 is 1. The normalized spacial score (nSPS) is 27.7. The Kier molecular flexibility index (Phi) is 4.88.